The molecule has 0 spiro atoms. The summed E-state index contributed by atoms with van der Waals surface area (Å²) < 4.78 is 40.0. The van der Waals surface area contributed by atoms with Crippen molar-refractivity contribution in [1.29, 1.82) is 0 Å². The van der Waals surface area contributed by atoms with Crippen molar-refractivity contribution in [2.75, 3.05) is 5.73 Å². The van der Waals surface area contributed by atoms with Crippen LogP contribution in [0, 0.1) is 5.82 Å². The van der Waals surface area contributed by atoms with Crippen molar-refractivity contribution >= 4 is 27.0 Å². The van der Waals surface area contributed by atoms with Gasteiger partial charge in [0.15, 0.2) is 0 Å². The molecule has 1 aromatic heterocycles. The first-order valence-corrected chi connectivity index (χ1v) is 7.74. The van der Waals surface area contributed by atoms with Gasteiger partial charge >= 0.3 is 0 Å². The minimum atomic E-state index is -3.89. The predicted octanol–water partition coefficient (Wildman–Crippen LogP) is 1.90. The van der Waals surface area contributed by atoms with Gasteiger partial charge in [0, 0.05) is 11.6 Å². The minimum absolute atomic E-state index is 0.268. The zero-order valence-electron chi connectivity index (χ0n) is 10.00. The van der Waals surface area contributed by atoms with E-state index in [4.69, 9.17) is 5.73 Å². The molecule has 0 amide bonds. The molecule has 1 heterocycles. The highest BCUT2D eigenvalue weighted by molar-refractivity contribution is 7.89. The molecule has 0 aliphatic carbocycles. The van der Waals surface area contributed by atoms with Crippen LogP contribution in [0.4, 0.5) is 10.1 Å². The van der Waals surface area contributed by atoms with Gasteiger partial charge in [-0.05, 0) is 19.1 Å². The van der Waals surface area contributed by atoms with Crippen molar-refractivity contribution in [2.24, 2.45) is 0 Å². The molecule has 0 saturated heterocycles. The Balaban J connectivity index is 2.31. The lowest BCUT2D eigenvalue weighted by Gasteiger charge is -2.13. The van der Waals surface area contributed by atoms with Crippen molar-refractivity contribution in [1.82, 2.24) is 9.71 Å². The van der Waals surface area contributed by atoms with Crippen molar-refractivity contribution in [2.45, 2.75) is 17.9 Å². The Morgan fingerprint density at radius 2 is 2.21 bits per heavy atom. The van der Waals surface area contributed by atoms with Gasteiger partial charge in [-0.1, -0.05) is 6.07 Å². The lowest BCUT2D eigenvalue weighted by atomic mass is 10.3. The van der Waals surface area contributed by atoms with E-state index < -0.39 is 21.9 Å². The second-order valence-corrected chi connectivity index (χ2v) is 6.47. The fourth-order valence-corrected chi connectivity index (χ4v) is 3.62. The Kier molecular flexibility index (Phi) is 3.83. The van der Waals surface area contributed by atoms with Gasteiger partial charge in [0.25, 0.3) is 0 Å². The molecule has 1 unspecified atom stereocenters. The van der Waals surface area contributed by atoms with Crippen LogP contribution in [-0.2, 0) is 10.0 Å². The Morgan fingerprint density at radius 1 is 1.47 bits per heavy atom. The van der Waals surface area contributed by atoms with Gasteiger partial charge < -0.3 is 5.73 Å². The van der Waals surface area contributed by atoms with Crippen LogP contribution in [0.2, 0.25) is 0 Å². The second-order valence-electron chi connectivity index (χ2n) is 3.86. The summed E-state index contributed by atoms with van der Waals surface area (Å²) in [5.41, 5.74) is 5.07. The van der Waals surface area contributed by atoms with E-state index in [-0.39, 0.29) is 10.6 Å². The third-order valence-electron chi connectivity index (χ3n) is 2.46. The lowest BCUT2D eigenvalue weighted by molar-refractivity contribution is 0.564. The number of rotatable bonds is 4. The molecule has 19 heavy (non-hydrogen) atoms. The predicted molar refractivity (Wildman–Crippen MR) is 71.7 cm³/mol. The number of sulfonamides is 1. The fraction of sp³-hybridized carbons (Fsp3) is 0.182. The van der Waals surface area contributed by atoms with Gasteiger partial charge in [-0.25, -0.2) is 22.5 Å². The largest absolute Gasteiger partial charge is 0.395 e. The Bertz CT molecular complexity index is 671. The SMILES string of the molecule is CC(NS(=O)(=O)c1cccc(F)c1N)c1nccs1. The van der Waals surface area contributed by atoms with E-state index in [9.17, 15) is 12.8 Å². The molecule has 5 nitrogen and oxygen atoms in total. The van der Waals surface area contributed by atoms with E-state index >= 15 is 0 Å². The molecule has 1 atom stereocenters. The van der Waals surface area contributed by atoms with Crippen LogP contribution < -0.4 is 10.5 Å². The number of benzene rings is 1. The van der Waals surface area contributed by atoms with Crippen LogP contribution in [0.1, 0.15) is 18.0 Å². The molecular weight excluding hydrogens is 289 g/mol. The van der Waals surface area contributed by atoms with Crippen LogP contribution in [0.5, 0.6) is 0 Å². The average molecular weight is 301 g/mol. The molecule has 3 N–H and O–H groups in total. The summed E-state index contributed by atoms with van der Waals surface area (Å²) >= 11 is 1.33. The first kappa shape index (κ1) is 13.9. The van der Waals surface area contributed by atoms with Crippen molar-refractivity contribution in [3.05, 3.63) is 40.6 Å². The number of thiazole rings is 1. The molecule has 2 rings (SSSR count). The molecular formula is C11H12FN3O2S2. The highest BCUT2D eigenvalue weighted by atomic mass is 32.2. The summed E-state index contributed by atoms with van der Waals surface area (Å²) in [5, 5.41) is 2.37. The molecule has 0 fully saturated rings. The molecule has 0 aliphatic heterocycles. The number of nitrogen functional groups attached to an aromatic ring is 1. The van der Waals surface area contributed by atoms with Gasteiger partial charge in [0.1, 0.15) is 15.7 Å². The molecule has 0 saturated carbocycles. The third-order valence-corrected chi connectivity index (χ3v) is 5.01. The maximum atomic E-state index is 13.3. The summed E-state index contributed by atoms with van der Waals surface area (Å²) in [5.74, 6) is -0.759. The molecule has 102 valence electrons. The Hall–Kier alpha value is -1.51. The van der Waals surface area contributed by atoms with Crippen molar-refractivity contribution in [3.63, 3.8) is 0 Å². The highest BCUT2D eigenvalue weighted by Gasteiger charge is 2.23. The topological polar surface area (TPSA) is 85.1 Å². The maximum absolute atomic E-state index is 13.3. The summed E-state index contributed by atoms with van der Waals surface area (Å²) in [6.45, 7) is 1.66. The highest BCUT2D eigenvalue weighted by Crippen LogP contribution is 2.23. The Morgan fingerprint density at radius 3 is 2.84 bits per heavy atom. The minimum Gasteiger partial charge on any atom is -0.395 e. The number of halogens is 1. The number of anilines is 1. The van der Waals surface area contributed by atoms with E-state index in [0.29, 0.717) is 5.01 Å². The van der Waals surface area contributed by atoms with E-state index in [2.05, 4.69) is 9.71 Å². The number of hydrogen-bond donors (Lipinski definition) is 2. The van der Waals surface area contributed by atoms with Crippen LogP contribution in [0.25, 0.3) is 0 Å². The number of nitrogens with two attached hydrogens (primary N) is 1. The van der Waals surface area contributed by atoms with Crippen LogP contribution >= 0.6 is 11.3 Å². The van der Waals surface area contributed by atoms with Crippen LogP contribution in [0.15, 0.2) is 34.7 Å². The van der Waals surface area contributed by atoms with E-state index in [1.54, 1.807) is 18.5 Å². The van der Waals surface area contributed by atoms with E-state index in [1.807, 2.05) is 0 Å². The summed E-state index contributed by atoms with van der Waals surface area (Å²) in [6.07, 6.45) is 1.58. The summed E-state index contributed by atoms with van der Waals surface area (Å²) in [6, 6.07) is 3.16. The van der Waals surface area contributed by atoms with Gasteiger partial charge in [-0.2, -0.15) is 0 Å². The molecule has 0 bridgehead atoms. The fourth-order valence-electron chi connectivity index (χ4n) is 1.55. The Labute approximate surface area is 114 Å². The van der Waals surface area contributed by atoms with E-state index in [0.717, 1.165) is 6.07 Å². The lowest BCUT2D eigenvalue weighted by Crippen LogP contribution is -2.27. The first-order valence-electron chi connectivity index (χ1n) is 5.37. The van der Waals surface area contributed by atoms with Crippen LogP contribution in [0.3, 0.4) is 0 Å². The standard InChI is InChI=1S/C11H12FN3O2S2/c1-7(11-14-5-6-18-11)15-19(16,17)9-4-2-3-8(12)10(9)13/h2-7,15H,13H2,1H3. The quantitative estimate of drug-likeness (QED) is 0.845. The monoisotopic (exact) mass is 301 g/mol. The van der Waals surface area contributed by atoms with Gasteiger partial charge in [0.05, 0.1) is 11.7 Å². The first-order chi connectivity index (χ1) is 8.92. The van der Waals surface area contributed by atoms with Crippen LogP contribution in [-0.4, -0.2) is 13.4 Å². The number of hydrogen-bond acceptors (Lipinski definition) is 5. The van der Waals surface area contributed by atoms with Gasteiger partial charge in [-0.15, -0.1) is 11.3 Å². The maximum Gasteiger partial charge on any atom is 0.243 e. The molecule has 0 radical (unpaired) electrons. The zero-order valence-corrected chi connectivity index (χ0v) is 11.6. The van der Waals surface area contributed by atoms with E-state index in [1.165, 1.54) is 23.5 Å². The molecule has 8 heteroatoms. The number of nitrogens with zero attached hydrogens (tertiary/aromatic N) is 1. The normalized spacial score (nSPS) is 13.4. The summed E-state index contributed by atoms with van der Waals surface area (Å²) in [7, 11) is -3.89. The second kappa shape index (κ2) is 5.24. The third kappa shape index (κ3) is 2.91. The molecule has 1 aromatic carbocycles. The number of nitrogens with one attached hydrogen (secondary N) is 1. The molecule has 2 aromatic rings. The smallest absolute Gasteiger partial charge is 0.243 e. The van der Waals surface area contributed by atoms with Crippen molar-refractivity contribution < 1.29 is 12.8 Å². The number of para-hydroxylation sites is 1. The van der Waals surface area contributed by atoms with Crippen molar-refractivity contribution in [3.8, 4) is 0 Å². The van der Waals surface area contributed by atoms with Gasteiger partial charge in [0.2, 0.25) is 10.0 Å². The summed E-state index contributed by atoms with van der Waals surface area (Å²) in [4.78, 5) is 3.75. The average Bonchev–Trinajstić information content (AvgIpc) is 2.85. The number of aromatic nitrogens is 1. The zero-order chi connectivity index (χ0) is 14.0. The molecule has 0 aliphatic rings. The van der Waals surface area contributed by atoms with Gasteiger partial charge in [-0.3, -0.25) is 0 Å².